The standard InChI is InChI=1S/C34H55NO6/c1-6-35-22-26(3)12-7-10-25(2)11-8-13-28(24-41-21-20-37)30-16-18-34(32(30)39)31(14-9-19-36)29(27(4)23-38)15-17-33(34,5)40/h8,11-13,23,30-32,35-37,39-40H,2,6-7,9-10,14-22,24H2,1,3-5H3/b11-8+,26-12+,28-13-,29-27-/t30-,31-,32+,33+,34+/m0/s1. The number of aldehydes is 1. The molecule has 2 fully saturated rings. The minimum absolute atomic E-state index is 0.0154. The van der Waals surface area contributed by atoms with Crippen LogP contribution >= 0.6 is 0 Å². The van der Waals surface area contributed by atoms with Crippen LogP contribution in [0.4, 0.5) is 0 Å². The number of nitrogens with one attached hydrogen (secondary N) is 1. The average Bonchev–Trinajstić information content (AvgIpc) is 3.29. The van der Waals surface area contributed by atoms with Gasteiger partial charge in [0.25, 0.3) is 0 Å². The number of carbonyl (C=O) groups is 1. The van der Waals surface area contributed by atoms with Gasteiger partial charge < -0.3 is 30.5 Å². The molecule has 0 aromatic rings. The summed E-state index contributed by atoms with van der Waals surface area (Å²) in [7, 11) is 0. The predicted molar refractivity (Wildman–Crippen MR) is 165 cm³/mol. The normalized spacial score (nSPS) is 30.4. The number of hydrogen-bond acceptors (Lipinski definition) is 7. The summed E-state index contributed by atoms with van der Waals surface area (Å²) in [6, 6.07) is 0. The highest BCUT2D eigenvalue weighted by atomic mass is 16.5. The van der Waals surface area contributed by atoms with E-state index in [2.05, 4.69) is 31.8 Å². The molecule has 0 radical (unpaired) electrons. The Kier molecular flexibility index (Phi) is 14.9. The number of likely N-dealkylation sites (N-methyl/N-ethyl adjacent to an activating group) is 1. The van der Waals surface area contributed by atoms with Gasteiger partial charge in [0, 0.05) is 24.5 Å². The van der Waals surface area contributed by atoms with E-state index >= 15 is 0 Å². The summed E-state index contributed by atoms with van der Waals surface area (Å²) in [5, 5.41) is 46.2. The third kappa shape index (κ3) is 9.06. The van der Waals surface area contributed by atoms with Gasteiger partial charge in [0.05, 0.1) is 31.5 Å². The first-order valence-electron chi connectivity index (χ1n) is 15.4. The quantitative estimate of drug-likeness (QED) is 0.0568. The Morgan fingerprint density at radius 1 is 1.22 bits per heavy atom. The van der Waals surface area contributed by atoms with E-state index in [4.69, 9.17) is 4.74 Å². The van der Waals surface area contributed by atoms with Crippen LogP contribution in [0.15, 0.2) is 58.7 Å². The van der Waals surface area contributed by atoms with Crippen molar-refractivity contribution >= 4 is 6.29 Å². The summed E-state index contributed by atoms with van der Waals surface area (Å²) in [4.78, 5) is 11.8. The molecule has 1 spiro atoms. The molecule has 2 aliphatic carbocycles. The molecule has 7 heteroatoms. The molecule has 2 aliphatic rings. The van der Waals surface area contributed by atoms with Crippen molar-refractivity contribution in [1.29, 1.82) is 0 Å². The molecule has 0 saturated heterocycles. The molecule has 7 nitrogen and oxygen atoms in total. The maximum absolute atomic E-state index is 12.1. The van der Waals surface area contributed by atoms with Gasteiger partial charge in [0.1, 0.15) is 6.29 Å². The van der Waals surface area contributed by atoms with E-state index in [1.165, 1.54) is 5.57 Å². The summed E-state index contributed by atoms with van der Waals surface area (Å²) in [5.74, 6) is -0.454. The monoisotopic (exact) mass is 573 g/mol. The molecule has 0 bridgehead atoms. The van der Waals surface area contributed by atoms with Gasteiger partial charge in [0.2, 0.25) is 0 Å². The van der Waals surface area contributed by atoms with Crippen LogP contribution in [0, 0.1) is 17.3 Å². The summed E-state index contributed by atoms with van der Waals surface area (Å²) in [6.07, 6.45) is 13.4. The Morgan fingerprint density at radius 3 is 2.63 bits per heavy atom. The predicted octanol–water partition coefficient (Wildman–Crippen LogP) is 4.58. The summed E-state index contributed by atoms with van der Waals surface area (Å²) >= 11 is 0. The smallest absolute Gasteiger partial charge is 0.145 e. The zero-order valence-corrected chi connectivity index (χ0v) is 25.8. The number of ether oxygens (including phenoxy) is 1. The van der Waals surface area contributed by atoms with E-state index in [0.29, 0.717) is 44.1 Å². The van der Waals surface area contributed by atoms with Gasteiger partial charge in [-0.2, -0.15) is 0 Å². The van der Waals surface area contributed by atoms with E-state index in [9.17, 15) is 25.2 Å². The highest BCUT2D eigenvalue weighted by molar-refractivity contribution is 5.74. The van der Waals surface area contributed by atoms with E-state index in [0.717, 1.165) is 48.9 Å². The Bertz CT molecular complexity index is 978. The molecule has 0 amide bonds. The van der Waals surface area contributed by atoms with Gasteiger partial charge in [-0.05, 0) is 95.7 Å². The van der Waals surface area contributed by atoms with Crippen LogP contribution in [0.25, 0.3) is 0 Å². The van der Waals surface area contributed by atoms with Gasteiger partial charge >= 0.3 is 0 Å². The lowest BCUT2D eigenvalue weighted by atomic mass is 9.52. The maximum Gasteiger partial charge on any atom is 0.145 e. The molecular formula is C34H55NO6. The van der Waals surface area contributed by atoms with Crippen LogP contribution in [0.1, 0.15) is 79.1 Å². The molecular weight excluding hydrogens is 518 g/mol. The lowest BCUT2D eigenvalue weighted by Gasteiger charge is -2.55. The number of hydrogen-bond donors (Lipinski definition) is 5. The van der Waals surface area contributed by atoms with Crippen LogP contribution in [-0.4, -0.2) is 77.9 Å². The van der Waals surface area contributed by atoms with E-state index < -0.39 is 17.1 Å². The van der Waals surface area contributed by atoms with Crippen LogP contribution < -0.4 is 5.32 Å². The van der Waals surface area contributed by atoms with Crippen molar-refractivity contribution in [2.75, 3.05) is 39.5 Å². The summed E-state index contributed by atoms with van der Waals surface area (Å²) in [5.41, 5.74) is 2.91. The first-order valence-corrected chi connectivity index (χ1v) is 15.4. The molecule has 5 N–H and O–H groups in total. The number of carbonyl (C=O) groups excluding carboxylic acids is 1. The Labute approximate surface area is 247 Å². The van der Waals surface area contributed by atoms with Crippen LogP contribution in [-0.2, 0) is 9.53 Å². The van der Waals surface area contributed by atoms with Gasteiger partial charge in [0.15, 0.2) is 0 Å². The van der Waals surface area contributed by atoms with Crippen LogP contribution in [0.2, 0.25) is 0 Å². The van der Waals surface area contributed by atoms with E-state index in [1.807, 2.05) is 32.1 Å². The second kappa shape index (κ2) is 17.3. The fourth-order valence-electron chi connectivity index (χ4n) is 6.98. The van der Waals surface area contributed by atoms with Crippen molar-refractivity contribution in [3.05, 3.63) is 58.7 Å². The molecule has 0 unspecified atom stereocenters. The van der Waals surface area contributed by atoms with Crippen molar-refractivity contribution in [2.45, 2.75) is 90.8 Å². The molecule has 5 atom stereocenters. The van der Waals surface area contributed by atoms with Gasteiger partial charge in [-0.15, -0.1) is 0 Å². The molecule has 0 aliphatic heterocycles. The number of allylic oxidation sites excluding steroid dienone is 7. The summed E-state index contributed by atoms with van der Waals surface area (Å²) < 4.78 is 5.73. The van der Waals surface area contributed by atoms with Gasteiger partial charge in [-0.25, -0.2) is 0 Å². The third-order valence-electron chi connectivity index (χ3n) is 9.27. The SMILES string of the molecule is C=C(/C=C/C=C(/COCCO)[C@@H]1CC[C@]2([C@@H]1O)[C@@H](CCCO)/C(=C(/C)C=O)CC[C@@]2(C)O)CC/C=C(\C)CNCC. The first-order chi connectivity index (χ1) is 19.6. The van der Waals surface area contributed by atoms with Crippen molar-refractivity contribution in [3.63, 3.8) is 0 Å². The average molecular weight is 574 g/mol. The van der Waals surface area contributed by atoms with Crippen molar-refractivity contribution in [3.8, 4) is 0 Å². The molecule has 0 aromatic carbocycles. The van der Waals surface area contributed by atoms with Gasteiger partial charge in [-0.1, -0.05) is 54.5 Å². The van der Waals surface area contributed by atoms with Crippen molar-refractivity contribution in [1.82, 2.24) is 5.32 Å². The molecule has 0 aromatic heterocycles. The highest BCUT2D eigenvalue weighted by Crippen LogP contribution is 2.62. The Hall–Kier alpha value is -1.87. The first kappa shape index (κ1) is 35.3. The minimum atomic E-state index is -1.13. The van der Waals surface area contributed by atoms with Crippen LogP contribution in [0.3, 0.4) is 0 Å². The minimum Gasteiger partial charge on any atom is -0.396 e. The Balaban J connectivity index is 2.33. The highest BCUT2D eigenvalue weighted by Gasteiger charge is 2.63. The second-order valence-corrected chi connectivity index (χ2v) is 12.1. The zero-order valence-electron chi connectivity index (χ0n) is 25.8. The molecule has 0 heterocycles. The largest absolute Gasteiger partial charge is 0.396 e. The second-order valence-electron chi connectivity index (χ2n) is 12.1. The molecule has 2 saturated carbocycles. The van der Waals surface area contributed by atoms with E-state index in [-0.39, 0.29) is 38.3 Å². The lowest BCUT2D eigenvalue weighted by Crippen LogP contribution is -2.59. The number of aliphatic hydroxyl groups excluding tert-OH is 3. The topological polar surface area (TPSA) is 119 Å². The maximum atomic E-state index is 12.1. The summed E-state index contributed by atoms with van der Waals surface area (Å²) in [6.45, 7) is 14.3. The molecule has 41 heavy (non-hydrogen) atoms. The Morgan fingerprint density at radius 2 is 1.98 bits per heavy atom. The number of rotatable bonds is 17. The van der Waals surface area contributed by atoms with Gasteiger partial charge in [-0.3, -0.25) is 4.79 Å². The van der Waals surface area contributed by atoms with Crippen molar-refractivity contribution in [2.24, 2.45) is 17.3 Å². The fraction of sp³-hybridized carbons (Fsp3) is 0.676. The molecule has 232 valence electrons. The van der Waals surface area contributed by atoms with E-state index in [1.54, 1.807) is 0 Å². The molecule has 2 rings (SSSR count). The lowest BCUT2D eigenvalue weighted by molar-refractivity contribution is -0.167. The number of aliphatic hydroxyl groups is 4. The van der Waals surface area contributed by atoms with Crippen LogP contribution in [0.5, 0.6) is 0 Å². The third-order valence-corrected chi connectivity index (χ3v) is 9.27. The fourth-order valence-corrected chi connectivity index (χ4v) is 6.98. The van der Waals surface area contributed by atoms with Crippen molar-refractivity contribution < 1.29 is 30.0 Å². The zero-order chi connectivity index (χ0) is 30.5.